The fourth-order valence-electron chi connectivity index (χ4n) is 1.03. The largest absolute Gasteiger partial charge is 0.325 e. The van der Waals surface area contributed by atoms with Crippen molar-refractivity contribution in [2.75, 3.05) is 0 Å². The van der Waals surface area contributed by atoms with Gasteiger partial charge in [0, 0.05) is 10.9 Å². The van der Waals surface area contributed by atoms with Crippen molar-refractivity contribution >= 4 is 11.6 Å². The topological polar surface area (TPSA) is 26.0 Å². The fraction of sp³-hybridized carbons (Fsp3) is 0.889. The Hall–Kier alpha value is 0.250. The normalized spacial score (nSPS) is 15.0. The molecule has 0 aromatic rings. The quantitative estimate of drug-likeness (QED) is 0.641. The maximum atomic E-state index is 6.02. The van der Waals surface area contributed by atoms with E-state index < -0.39 is 0 Å². The molecule has 2 atom stereocenters. The zero-order valence-electron chi connectivity index (χ0n) is 7.57. The van der Waals surface area contributed by atoms with Gasteiger partial charge in [-0.2, -0.15) is 0 Å². The summed E-state index contributed by atoms with van der Waals surface area (Å²) in [5.41, 5.74) is 5.35. The second kappa shape index (κ2) is 5.00. The molecular weight excluding hydrogens is 158 g/mol. The highest BCUT2D eigenvalue weighted by atomic mass is 35.5. The number of hydrogen-bond donors (Lipinski definition) is 1. The summed E-state index contributed by atoms with van der Waals surface area (Å²) in [6, 6.07) is 0. The van der Waals surface area contributed by atoms with E-state index in [0.717, 1.165) is 12.8 Å². The minimum absolute atomic E-state index is 0.197. The number of rotatable bonds is 5. The second-order valence-corrected chi connectivity index (χ2v) is 4.21. The predicted molar refractivity (Wildman–Crippen MR) is 51.7 cm³/mol. The Balaban J connectivity index is 3.44. The van der Waals surface area contributed by atoms with Gasteiger partial charge in [-0.15, -0.1) is 11.6 Å². The molecule has 0 amide bonds. The van der Waals surface area contributed by atoms with Crippen molar-refractivity contribution in [3.63, 3.8) is 0 Å². The third-order valence-corrected chi connectivity index (χ3v) is 1.93. The van der Waals surface area contributed by atoms with E-state index in [4.69, 9.17) is 17.3 Å². The van der Waals surface area contributed by atoms with E-state index in [0.29, 0.717) is 0 Å². The number of halogens is 1. The third-order valence-electron chi connectivity index (χ3n) is 1.56. The summed E-state index contributed by atoms with van der Waals surface area (Å²) in [6.07, 6.45) is 4.24. The molecule has 0 saturated heterocycles. The van der Waals surface area contributed by atoms with Crippen LogP contribution in [0.1, 0.15) is 39.5 Å². The number of alkyl halides is 1. The first-order chi connectivity index (χ1) is 4.95. The molecule has 2 N–H and O–H groups in total. The second-order valence-electron chi connectivity index (χ2n) is 3.60. The zero-order chi connectivity index (χ0) is 8.91. The summed E-state index contributed by atoms with van der Waals surface area (Å²) in [4.78, 5) is 0. The molecule has 0 fully saturated rings. The first kappa shape index (κ1) is 11.2. The molecule has 1 radical (unpaired) electrons. The van der Waals surface area contributed by atoms with E-state index in [1.54, 1.807) is 0 Å². The van der Waals surface area contributed by atoms with Gasteiger partial charge in [-0.05, 0) is 26.7 Å². The molecule has 11 heavy (non-hydrogen) atoms. The molecule has 0 aliphatic heterocycles. The lowest BCUT2D eigenvalue weighted by molar-refractivity contribution is 0.492. The van der Waals surface area contributed by atoms with Crippen LogP contribution in [-0.4, -0.2) is 10.9 Å². The molecule has 0 bridgehead atoms. The van der Waals surface area contributed by atoms with E-state index in [1.165, 1.54) is 12.8 Å². The summed E-state index contributed by atoms with van der Waals surface area (Å²) in [5, 5.41) is 0.197. The minimum atomic E-state index is -0.361. The van der Waals surface area contributed by atoms with Gasteiger partial charge in [0.15, 0.2) is 0 Å². The Morgan fingerprint density at radius 1 is 1.64 bits per heavy atom. The first-order valence-corrected chi connectivity index (χ1v) is 4.67. The summed E-state index contributed by atoms with van der Waals surface area (Å²) in [7, 11) is 0. The molecule has 0 saturated carbocycles. The number of hydrogen-bond acceptors (Lipinski definition) is 1. The molecule has 0 aliphatic carbocycles. The van der Waals surface area contributed by atoms with Crippen molar-refractivity contribution in [2.24, 2.45) is 5.73 Å². The third kappa shape index (κ3) is 8.15. The van der Waals surface area contributed by atoms with E-state index >= 15 is 0 Å². The van der Waals surface area contributed by atoms with Crippen LogP contribution in [0.2, 0.25) is 0 Å². The predicted octanol–water partition coefficient (Wildman–Crippen LogP) is 2.73. The number of nitrogens with two attached hydrogens (primary N) is 1. The van der Waals surface area contributed by atoms with E-state index in [2.05, 4.69) is 13.8 Å². The Bertz CT molecular complexity index is 96.2. The van der Waals surface area contributed by atoms with Gasteiger partial charge in [0.2, 0.25) is 0 Å². The lowest BCUT2D eigenvalue weighted by Crippen LogP contribution is -2.35. The molecule has 0 heterocycles. The van der Waals surface area contributed by atoms with Gasteiger partial charge in [-0.1, -0.05) is 19.8 Å². The molecule has 2 heteroatoms. The highest BCUT2D eigenvalue weighted by molar-refractivity contribution is 6.20. The van der Waals surface area contributed by atoms with Crippen molar-refractivity contribution in [1.29, 1.82) is 0 Å². The minimum Gasteiger partial charge on any atom is -0.325 e. The van der Waals surface area contributed by atoms with Gasteiger partial charge in [0.05, 0.1) is 0 Å². The summed E-state index contributed by atoms with van der Waals surface area (Å²) >= 11 is 6.02. The molecule has 0 aromatic heterocycles. The Morgan fingerprint density at radius 2 is 2.18 bits per heavy atom. The molecule has 0 spiro atoms. The van der Waals surface area contributed by atoms with Gasteiger partial charge in [0.1, 0.15) is 0 Å². The first-order valence-electron chi connectivity index (χ1n) is 4.24. The molecule has 0 aliphatic rings. The van der Waals surface area contributed by atoms with Crippen LogP contribution in [0.25, 0.3) is 0 Å². The van der Waals surface area contributed by atoms with Crippen LogP contribution in [0.3, 0.4) is 0 Å². The van der Waals surface area contributed by atoms with Crippen molar-refractivity contribution in [1.82, 2.24) is 0 Å². The van der Waals surface area contributed by atoms with Crippen LogP contribution < -0.4 is 5.73 Å². The molecule has 67 valence electrons. The summed E-state index contributed by atoms with van der Waals surface area (Å²) < 4.78 is 0. The zero-order valence-corrected chi connectivity index (χ0v) is 8.32. The Morgan fingerprint density at radius 3 is 2.55 bits per heavy atom. The van der Waals surface area contributed by atoms with Crippen LogP contribution in [-0.2, 0) is 0 Å². The maximum Gasteiger partial charge on any atom is 0.0353 e. The van der Waals surface area contributed by atoms with Crippen LogP contribution in [0.5, 0.6) is 0 Å². The molecule has 1 nitrogen and oxygen atoms in total. The van der Waals surface area contributed by atoms with Gasteiger partial charge >= 0.3 is 0 Å². The summed E-state index contributed by atoms with van der Waals surface area (Å²) in [6.45, 7) is 7.88. The van der Waals surface area contributed by atoms with E-state index in [1.807, 2.05) is 6.92 Å². The Kier molecular flexibility index (Phi) is 5.11. The molecule has 0 rings (SSSR count). The van der Waals surface area contributed by atoms with Crippen LogP contribution in [0, 0.1) is 6.92 Å². The van der Waals surface area contributed by atoms with Crippen molar-refractivity contribution in [3.8, 4) is 0 Å². The number of unbranched alkanes of at least 4 members (excludes halogenated alkanes) is 1. The highest BCUT2D eigenvalue weighted by Crippen LogP contribution is 2.17. The standard InChI is InChI=1S/C9H19ClN/c1-4-5-6-8(10)7-9(2,3)11/h8H,2,4-7,11H2,1,3H3. The lowest BCUT2D eigenvalue weighted by atomic mass is 9.97. The average Bonchev–Trinajstić information content (AvgIpc) is 1.79. The van der Waals surface area contributed by atoms with Gasteiger partial charge < -0.3 is 5.73 Å². The smallest absolute Gasteiger partial charge is 0.0353 e. The van der Waals surface area contributed by atoms with Crippen LogP contribution in [0.4, 0.5) is 0 Å². The molecule has 2 unspecified atom stereocenters. The van der Waals surface area contributed by atoms with Crippen molar-refractivity contribution < 1.29 is 0 Å². The van der Waals surface area contributed by atoms with Crippen molar-refractivity contribution in [3.05, 3.63) is 6.92 Å². The lowest BCUT2D eigenvalue weighted by Gasteiger charge is -2.21. The molecular formula is C9H19ClN. The van der Waals surface area contributed by atoms with E-state index in [-0.39, 0.29) is 10.9 Å². The van der Waals surface area contributed by atoms with Crippen molar-refractivity contribution in [2.45, 2.75) is 50.4 Å². The average molecular weight is 177 g/mol. The van der Waals surface area contributed by atoms with Gasteiger partial charge in [-0.25, -0.2) is 0 Å². The van der Waals surface area contributed by atoms with Crippen LogP contribution in [0.15, 0.2) is 0 Å². The van der Waals surface area contributed by atoms with E-state index in [9.17, 15) is 0 Å². The van der Waals surface area contributed by atoms with Gasteiger partial charge in [0.25, 0.3) is 0 Å². The van der Waals surface area contributed by atoms with Gasteiger partial charge in [-0.3, -0.25) is 0 Å². The Labute approximate surface area is 75.3 Å². The van der Waals surface area contributed by atoms with Crippen LogP contribution >= 0.6 is 11.6 Å². The SMILES string of the molecule is [CH2]C(C)(N)CC(Cl)CCCC. The highest BCUT2D eigenvalue weighted by Gasteiger charge is 2.16. The fourth-order valence-corrected chi connectivity index (χ4v) is 1.54. The maximum absolute atomic E-state index is 6.02. The molecule has 0 aromatic carbocycles. The summed E-state index contributed by atoms with van der Waals surface area (Å²) in [5.74, 6) is 0. The monoisotopic (exact) mass is 176 g/mol.